The fraction of sp³-hybridized carbons (Fsp3) is 0.667. The van der Waals surface area contributed by atoms with Crippen LogP contribution in [0.4, 0.5) is 0 Å². The van der Waals surface area contributed by atoms with E-state index in [1.807, 2.05) is 19.9 Å². The predicted octanol–water partition coefficient (Wildman–Crippen LogP) is 2.31. The van der Waals surface area contributed by atoms with E-state index in [1.165, 1.54) is 12.8 Å². The standard InChI is InChI=1S/C12H19N3S/c1-9-7-10(2)15-11(14-9)16-8-12(3-4-12)5-6-13/h7H,3-6,8,13H2,1-2H3. The molecule has 88 valence electrons. The van der Waals surface area contributed by atoms with E-state index in [0.717, 1.165) is 35.3 Å². The van der Waals surface area contributed by atoms with Crippen molar-refractivity contribution in [1.82, 2.24) is 9.97 Å². The summed E-state index contributed by atoms with van der Waals surface area (Å²) >= 11 is 1.78. The molecule has 0 aromatic carbocycles. The summed E-state index contributed by atoms with van der Waals surface area (Å²) < 4.78 is 0. The van der Waals surface area contributed by atoms with Gasteiger partial charge in [0.15, 0.2) is 5.16 Å². The molecule has 1 heterocycles. The highest BCUT2D eigenvalue weighted by Crippen LogP contribution is 2.51. The number of thioether (sulfide) groups is 1. The van der Waals surface area contributed by atoms with Gasteiger partial charge < -0.3 is 5.73 Å². The lowest BCUT2D eigenvalue weighted by atomic mass is 10.1. The summed E-state index contributed by atoms with van der Waals surface area (Å²) in [4.78, 5) is 8.89. The molecule has 0 radical (unpaired) electrons. The van der Waals surface area contributed by atoms with Crippen molar-refractivity contribution in [3.63, 3.8) is 0 Å². The molecule has 1 aromatic rings. The van der Waals surface area contributed by atoms with Crippen LogP contribution in [0.15, 0.2) is 11.2 Å². The Hall–Kier alpha value is -0.610. The first-order valence-corrected chi connectivity index (χ1v) is 6.77. The maximum Gasteiger partial charge on any atom is 0.187 e. The van der Waals surface area contributed by atoms with Crippen molar-refractivity contribution in [3.8, 4) is 0 Å². The van der Waals surface area contributed by atoms with Gasteiger partial charge in [0.1, 0.15) is 0 Å². The molecule has 1 aliphatic rings. The zero-order chi connectivity index (χ0) is 11.6. The summed E-state index contributed by atoms with van der Waals surface area (Å²) in [5.41, 5.74) is 8.24. The molecule has 2 N–H and O–H groups in total. The minimum atomic E-state index is 0.500. The Morgan fingerprint density at radius 2 is 1.94 bits per heavy atom. The van der Waals surface area contributed by atoms with Crippen LogP contribution in [0.25, 0.3) is 0 Å². The molecule has 2 rings (SSSR count). The third kappa shape index (κ3) is 2.95. The molecule has 0 atom stereocenters. The second-order valence-corrected chi connectivity index (χ2v) is 5.70. The topological polar surface area (TPSA) is 51.8 Å². The fourth-order valence-corrected chi connectivity index (χ4v) is 3.21. The van der Waals surface area contributed by atoms with Gasteiger partial charge in [-0.2, -0.15) is 0 Å². The second kappa shape index (κ2) is 4.72. The Kier molecular flexibility index (Phi) is 3.50. The third-order valence-corrected chi connectivity index (χ3v) is 4.30. The zero-order valence-corrected chi connectivity index (χ0v) is 10.8. The van der Waals surface area contributed by atoms with E-state index in [-0.39, 0.29) is 0 Å². The van der Waals surface area contributed by atoms with Gasteiger partial charge in [-0.3, -0.25) is 0 Å². The number of hydrogen-bond donors (Lipinski definition) is 1. The fourth-order valence-electron chi connectivity index (χ4n) is 1.93. The van der Waals surface area contributed by atoms with Crippen molar-refractivity contribution in [3.05, 3.63) is 17.5 Å². The minimum Gasteiger partial charge on any atom is -0.330 e. The molecule has 0 bridgehead atoms. The SMILES string of the molecule is Cc1cc(C)nc(SCC2(CCN)CC2)n1. The van der Waals surface area contributed by atoms with Crippen LogP contribution in [0, 0.1) is 19.3 Å². The Morgan fingerprint density at radius 3 is 2.44 bits per heavy atom. The smallest absolute Gasteiger partial charge is 0.187 e. The normalized spacial score (nSPS) is 17.4. The van der Waals surface area contributed by atoms with Crippen molar-refractivity contribution in [2.24, 2.45) is 11.1 Å². The molecule has 3 nitrogen and oxygen atoms in total. The summed E-state index contributed by atoms with van der Waals surface area (Å²) in [7, 11) is 0. The van der Waals surface area contributed by atoms with Crippen LogP contribution < -0.4 is 5.73 Å². The lowest BCUT2D eigenvalue weighted by Crippen LogP contribution is -2.12. The van der Waals surface area contributed by atoms with E-state index in [2.05, 4.69) is 9.97 Å². The first-order valence-electron chi connectivity index (χ1n) is 5.79. The molecule has 1 aromatic heterocycles. The molecule has 0 unspecified atom stereocenters. The highest BCUT2D eigenvalue weighted by molar-refractivity contribution is 7.99. The molecular weight excluding hydrogens is 218 g/mol. The van der Waals surface area contributed by atoms with Gasteiger partial charge in [-0.25, -0.2) is 9.97 Å². The number of nitrogens with two attached hydrogens (primary N) is 1. The molecule has 0 saturated heterocycles. The van der Waals surface area contributed by atoms with Crippen molar-refractivity contribution in [1.29, 1.82) is 0 Å². The summed E-state index contributed by atoms with van der Waals surface area (Å²) in [6.45, 7) is 4.84. The van der Waals surface area contributed by atoms with Gasteiger partial charge in [0, 0.05) is 17.1 Å². The first kappa shape index (κ1) is 11.9. The Balaban J connectivity index is 1.94. The van der Waals surface area contributed by atoms with Crippen LogP contribution in [0.5, 0.6) is 0 Å². The molecule has 0 amide bonds. The average molecular weight is 237 g/mol. The molecule has 16 heavy (non-hydrogen) atoms. The lowest BCUT2D eigenvalue weighted by molar-refractivity contribution is 0.537. The second-order valence-electron chi connectivity index (χ2n) is 4.76. The zero-order valence-electron chi connectivity index (χ0n) is 9.99. The van der Waals surface area contributed by atoms with Crippen LogP contribution in [0.3, 0.4) is 0 Å². The van der Waals surface area contributed by atoms with Gasteiger partial charge in [0.05, 0.1) is 0 Å². The van der Waals surface area contributed by atoms with Gasteiger partial charge in [-0.15, -0.1) is 0 Å². The van der Waals surface area contributed by atoms with E-state index in [9.17, 15) is 0 Å². The maximum atomic E-state index is 5.63. The summed E-state index contributed by atoms with van der Waals surface area (Å²) in [5, 5.41) is 0.917. The summed E-state index contributed by atoms with van der Waals surface area (Å²) in [6.07, 6.45) is 3.79. The molecular formula is C12H19N3S. The first-order chi connectivity index (χ1) is 7.63. The quantitative estimate of drug-likeness (QED) is 0.630. The lowest BCUT2D eigenvalue weighted by Gasteiger charge is -2.12. The van der Waals surface area contributed by atoms with E-state index >= 15 is 0 Å². The van der Waals surface area contributed by atoms with Crippen molar-refractivity contribution < 1.29 is 0 Å². The Labute approximate surface area is 101 Å². The molecule has 0 spiro atoms. The van der Waals surface area contributed by atoms with E-state index < -0.39 is 0 Å². The Bertz CT molecular complexity index is 354. The van der Waals surface area contributed by atoms with Gasteiger partial charge in [-0.1, -0.05) is 11.8 Å². The largest absolute Gasteiger partial charge is 0.330 e. The number of hydrogen-bond acceptors (Lipinski definition) is 4. The van der Waals surface area contributed by atoms with Crippen LogP contribution in [0.1, 0.15) is 30.7 Å². The van der Waals surface area contributed by atoms with Crippen molar-refractivity contribution in [2.45, 2.75) is 38.3 Å². The van der Waals surface area contributed by atoms with Gasteiger partial charge >= 0.3 is 0 Å². The van der Waals surface area contributed by atoms with E-state index in [0.29, 0.717) is 5.41 Å². The van der Waals surface area contributed by atoms with Crippen LogP contribution in [-0.2, 0) is 0 Å². The summed E-state index contributed by atoms with van der Waals surface area (Å²) in [6, 6.07) is 2.01. The number of aromatic nitrogens is 2. The molecule has 1 aliphatic carbocycles. The maximum absolute atomic E-state index is 5.63. The van der Waals surface area contributed by atoms with Crippen LogP contribution >= 0.6 is 11.8 Å². The van der Waals surface area contributed by atoms with E-state index in [4.69, 9.17) is 5.73 Å². The van der Waals surface area contributed by atoms with Crippen LogP contribution in [-0.4, -0.2) is 22.3 Å². The average Bonchev–Trinajstić information content (AvgIpc) is 2.95. The molecule has 4 heteroatoms. The predicted molar refractivity (Wildman–Crippen MR) is 67.6 cm³/mol. The van der Waals surface area contributed by atoms with E-state index in [1.54, 1.807) is 11.8 Å². The Morgan fingerprint density at radius 1 is 1.31 bits per heavy atom. The number of aryl methyl sites for hydroxylation is 2. The monoisotopic (exact) mass is 237 g/mol. The number of nitrogens with zero attached hydrogens (tertiary/aromatic N) is 2. The molecule has 1 saturated carbocycles. The third-order valence-electron chi connectivity index (χ3n) is 3.10. The van der Waals surface area contributed by atoms with Gasteiger partial charge in [0.25, 0.3) is 0 Å². The van der Waals surface area contributed by atoms with Crippen molar-refractivity contribution >= 4 is 11.8 Å². The van der Waals surface area contributed by atoms with Gasteiger partial charge in [-0.05, 0) is 51.1 Å². The van der Waals surface area contributed by atoms with Crippen molar-refractivity contribution in [2.75, 3.05) is 12.3 Å². The van der Waals surface area contributed by atoms with Gasteiger partial charge in [0.2, 0.25) is 0 Å². The highest BCUT2D eigenvalue weighted by Gasteiger charge is 2.41. The van der Waals surface area contributed by atoms with Crippen LogP contribution in [0.2, 0.25) is 0 Å². The minimum absolute atomic E-state index is 0.500. The molecule has 0 aliphatic heterocycles. The summed E-state index contributed by atoms with van der Waals surface area (Å²) in [5.74, 6) is 1.12. The highest BCUT2D eigenvalue weighted by atomic mass is 32.2. The molecule has 1 fully saturated rings. The number of rotatable bonds is 5.